The van der Waals surface area contributed by atoms with Gasteiger partial charge in [-0.25, -0.2) is 0 Å². The molecule has 24 heavy (non-hydrogen) atoms. The van der Waals surface area contributed by atoms with Crippen LogP contribution in [0.3, 0.4) is 0 Å². The van der Waals surface area contributed by atoms with E-state index < -0.39 is 10.8 Å². The minimum absolute atomic E-state index is 0.0472. The zero-order valence-electron chi connectivity index (χ0n) is 15.0. The number of carbonyl (C=O) groups is 2. The Hall–Kier alpha value is -0.460. The molecule has 0 radical (unpaired) electrons. The predicted octanol–water partition coefficient (Wildman–Crippen LogP) is 1.98. The molecule has 1 saturated heterocycles. The van der Waals surface area contributed by atoms with Crippen molar-refractivity contribution in [3.8, 4) is 0 Å². The molecular formula is C18H29BrN2O3. The van der Waals surface area contributed by atoms with Crippen LogP contribution in [0.4, 0.5) is 0 Å². The number of amides is 1. The van der Waals surface area contributed by atoms with Gasteiger partial charge in [0.25, 0.3) is 0 Å². The van der Waals surface area contributed by atoms with Gasteiger partial charge in [0, 0.05) is 25.0 Å². The van der Waals surface area contributed by atoms with Crippen LogP contribution in [0.2, 0.25) is 0 Å². The summed E-state index contributed by atoms with van der Waals surface area (Å²) in [7, 11) is 0. The third-order valence-corrected chi connectivity index (χ3v) is 8.36. The molecule has 2 saturated carbocycles. The zero-order valence-corrected chi connectivity index (χ0v) is 16.6. The van der Waals surface area contributed by atoms with E-state index in [1.165, 1.54) is 0 Å². The number of hydrogen-bond donors (Lipinski definition) is 1. The quantitative estimate of drug-likeness (QED) is 0.566. The number of carbonyl (C=O) groups excluding carboxylic acids is 2. The minimum atomic E-state index is -0.613. The lowest BCUT2D eigenvalue weighted by Crippen LogP contribution is -2.51. The van der Waals surface area contributed by atoms with Gasteiger partial charge in [0.15, 0.2) is 5.78 Å². The molecule has 0 unspecified atom stereocenters. The Morgan fingerprint density at radius 1 is 1.29 bits per heavy atom. The first-order chi connectivity index (χ1) is 11.3. The fraction of sp³-hybridized carbons (Fsp3) is 0.889. The maximum Gasteiger partial charge on any atom is 0.228 e. The number of morpholine rings is 1. The van der Waals surface area contributed by atoms with Crippen molar-refractivity contribution in [3.05, 3.63) is 0 Å². The van der Waals surface area contributed by atoms with Crippen LogP contribution in [-0.4, -0.2) is 60.8 Å². The SMILES string of the molecule is CC1(C)[C@]2(C)CC[C@@]1(C(=O)NCCCN1CCOCC1)[C@H](Br)C2=O. The smallest absolute Gasteiger partial charge is 0.228 e. The first-order valence-corrected chi connectivity index (χ1v) is 9.96. The highest BCUT2D eigenvalue weighted by molar-refractivity contribution is 9.10. The van der Waals surface area contributed by atoms with E-state index in [2.05, 4.69) is 40.0 Å². The monoisotopic (exact) mass is 400 g/mol. The maximum absolute atomic E-state index is 13.1. The van der Waals surface area contributed by atoms with Crippen molar-refractivity contribution < 1.29 is 14.3 Å². The van der Waals surface area contributed by atoms with Gasteiger partial charge in [-0.05, 0) is 31.2 Å². The summed E-state index contributed by atoms with van der Waals surface area (Å²) in [5.74, 6) is 0.244. The van der Waals surface area contributed by atoms with Crippen molar-refractivity contribution in [2.75, 3.05) is 39.4 Å². The number of nitrogens with one attached hydrogen (secondary N) is 1. The van der Waals surface area contributed by atoms with E-state index in [0.717, 1.165) is 52.1 Å². The van der Waals surface area contributed by atoms with E-state index in [1.54, 1.807) is 0 Å². The van der Waals surface area contributed by atoms with E-state index in [-0.39, 0.29) is 21.9 Å². The number of fused-ring (bicyclic) bond motifs is 2. The molecule has 2 aliphatic carbocycles. The molecule has 0 aromatic carbocycles. The topological polar surface area (TPSA) is 58.6 Å². The van der Waals surface area contributed by atoms with Crippen LogP contribution >= 0.6 is 15.9 Å². The number of halogens is 1. The molecule has 5 nitrogen and oxygen atoms in total. The van der Waals surface area contributed by atoms with Crippen LogP contribution in [-0.2, 0) is 14.3 Å². The average molecular weight is 401 g/mol. The molecule has 2 bridgehead atoms. The molecule has 3 atom stereocenters. The third-order valence-electron chi connectivity index (χ3n) is 7.17. The van der Waals surface area contributed by atoms with Crippen molar-refractivity contribution in [2.24, 2.45) is 16.2 Å². The number of rotatable bonds is 5. The summed E-state index contributed by atoms with van der Waals surface area (Å²) in [6, 6.07) is 0. The lowest BCUT2D eigenvalue weighted by Gasteiger charge is -2.39. The van der Waals surface area contributed by atoms with Crippen LogP contribution in [0.15, 0.2) is 0 Å². The highest BCUT2D eigenvalue weighted by atomic mass is 79.9. The van der Waals surface area contributed by atoms with Crippen LogP contribution in [0.25, 0.3) is 0 Å². The second-order valence-corrected chi connectivity index (χ2v) is 9.13. The zero-order chi connectivity index (χ0) is 17.6. The average Bonchev–Trinajstić information content (AvgIpc) is 2.84. The normalized spacial score (nSPS) is 38.5. The lowest BCUT2D eigenvalue weighted by atomic mass is 9.64. The molecule has 1 heterocycles. The molecule has 1 amide bonds. The van der Waals surface area contributed by atoms with Crippen LogP contribution in [0.1, 0.15) is 40.0 Å². The fourth-order valence-electron chi connectivity index (χ4n) is 4.94. The van der Waals surface area contributed by atoms with Gasteiger partial charge >= 0.3 is 0 Å². The molecule has 0 spiro atoms. The van der Waals surface area contributed by atoms with Gasteiger partial charge in [-0.15, -0.1) is 0 Å². The molecule has 3 rings (SSSR count). The lowest BCUT2D eigenvalue weighted by molar-refractivity contribution is -0.135. The van der Waals surface area contributed by atoms with Crippen molar-refractivity contribution in [3.63, 3.8) is 0 Å². The van der Waals surface area contributed by atoms with E-state index in [9.17, 15) is 9.59 Å². The number of hydrogen-bond acceptors (Lipinski definition) is 4. The number of ether oxygens (including phenoxy) is 1. The Morgan fingerprint density at radius 2 is 1.96 bits per heavy atom. The molecular weight excluding hydrogens is 372 g/mol. The van der Waals surface area contributed by atoms with Gasteiger partial charge in [-0.3, -0.25) is 14.5 Å². The van der Waals surface area contributed by atoms with E-state index in [4.69, 9.17) is 4.74 Å². The Morgan fingerprint density at radius 3 is 2.54 bits per heavy atom. The number of ketones is 1. The maximum atomic E-state index is 13.1. The largest absolute Gasteiger partial charge is 0.379 e. The fourth-order valence-corrected chi connectivity index (χ4v) is 6.46. The molecule has 3 aliphatic rings. The standard InChI is InChI=1S/C18H29BrN2O3/c1-16(2)17(3)5-6-18(16,13(19)14(17)22)15(23)20-7-4-8-21-9-11-24-12-10-21/h13H,4-12H2,1-3H3,(H,20,23)/t13-,17-,18+/m1/s1. The van der Waals surface area contributed by atoms with Crippen molar-refractivity contribution in [2.45, 2.75) is 44.9 Å². The predicted molar refractivity (Wildman–Crippen MR) is 96.2 cm³/mol. The van der Waals surface area contributed by atoms with E-state index in [1.807, 2.05) is 6.92 Å². The summed E-state index contributed by atoms with van der Waals surface area (Å²) in [6.07, 6.45) is 2.52. The molecule has 3 fully saturated rings. The van der Waals surface area contributed by atoms with Gasteiger partial charge in [0.1, 0.15) is 0 Å². The summed E-state index contributed by atoms with van der Waals surface area (Å²) >= 11 is 3.57. The first-order valence-electron chi connectivity index (χ1n) is 9.04. The van der Waals surface area contributed by atoms with E-state index in [0.29, 0.717) is 6.54 Å². The molecule has 6 heteroatoms. The molecule has 0 aromatic heterocycles. The minimum Gasteiger partial charge on any atom is -0.379 e. The third kappa shape index (κ3) is 2.40. The Kier molecular flexibility index (Phi) is 4.86. The van der Waals surface area contributed by atoms with E-state index >= 15 is 0 Å². The van der Waals surface area contributed by atoms with Gasteiger partial charge in [-0.2, -0.15) is 0 Å². The van der Waals surface area contributed by atoms with Crippen LogP contribution in [0.5, 0.6) is 0 Å². The second kappa shape index (κ2) is 6.36. The van der Waals surface area contributed by atoms with Crippen LogP contribution in [0, 0.1) is 16.2 Å². The van der Waals surface area contributed by atoms with Gasteiger partial charge in [0.2, 0.25) is 5.91 Å². The molecule has 1 aliphatic heterocycles. The number of alkyl halides is 1. The van der Waals surface area contributed by atoms with Gasteiger partial charge < -0.3 is 10.1 Å². The number of nitrogens with zero attached hydrogens (tertiary/aromatic N) is 1. The summed E-state index contributed by atoms with van der Waals surface area (Å²) in [5.41, 5.74) is -1.33. The van der Waals surface area contributed by atoms with Crippen molar-refractivity contribution in [1.29, 1.82) is 0 Å². The van der Waals surface area contributed by atoms with Crippen molar-refractivity contribution in [1.82, 2.24) is 10.2 Å². The van der Waals surface area contributed by atoms with Crippen molar-refractivity contribution >= 4 is 27.6 Å². The van der Waals surface area contributed by atoms with Gasteiger partial charge in [-0.1, -0.05) is 36.7 Å². The second-order valence-electron chi connectivity index (χ2n) is 8.22. The molecule has 136 valence electrons. The summed E-state index contributed by atoms with van der Waals surface area (Å²) < 4.78 is 5.35. The Labute approximate surface area is 153 Å². The summed E-state index contributed by atoms with van der Waals surface area (Å²) in [4.78, 5) is 27.8. The first kappa shape index (κ1) is 18.3. The Balaban J connectivity index is 1.59. The summed E-state index contributed by atoms with van der Waals surface area (Å²) in [6.45, 7) is 11.4. The highest BCUT2D eigenvalue weighted by Gasteiger charge is 2.76. The number of Topliss-reactive ketones (excluding diaryl/α,β-unsaturated/α-hetero) is 1. The molecule has 1 N–H and O–H groups in total. The summed E-state index contributed by atoms with van der Waals surface area (Å²) in [5, 5.41) is 3.13. The van der Waals surface area contributed by atoms with Gasteiger partial charge in [0.05, 0.1) is 23.5 Å². The molecule has 0 aromatic rings. The van der Waals surface area contributed by atoms with Crippen LogP contribution < -0.4 is 5.32 Å². The Bertz CT molecular complexity index is 532. The highest BCUT2D eigenvalue weighted by Crippen LogP contribution is 2.72.